The van der Waals surface area contributed by atoms with Gasteiger partial charge in [0.15, 0.2) is 0 Å². The Morgan fingerprint density at radius 1 is 1.00 bits per heavy atom. The third kappa shape index (κ3) is 2.10. The summed E-state index contributed by atoms with van der Waals surface area (Å²) >= 11 is 0. The topological polar surface area (TPSA) is 0 Å². The normalized spacial score (nSPS) is 10.6. The van der Waals surface area contributed by atoms with E-state index >= 15 is 0 Å². The van der Waals surface area contributed by atoms with Crippen LogP contribution in [0.5, 0.6) is 0 Å². The van der Waals surface area contributed by atoms with Crippen molar-refractivity contribution in [3.63, 3.8) is 0 Å². The van der Waals surface area contributed by atoms with E-state index in [0.29, 0.717) is 5.92 Å². The Hall–Kier alpha value is -1.56. The molecule has 2 aromatic carbocycles. The largest absolute Gasteiger partial charge is 0.0619 e. The third-order valence-corrected chi connectivity index (χ3v) is 2.60. The molecule has 0 amide bonds. The first-order valence-electron chi connectivity index (χ1n) is 5.34. The summed E-state index contributed by atoms with van der Waals surface area (Å²) in [5, 5.41) is 0. The van der Waals surface area contributed by atoms with Crippen LogP contribution in [-0.2, 0) is 0 Å². The SMILES string of the molecule is CC(C)c1ccccc1-c1c[c]ccc1. The van der Waals surface area contributed by atoms with E-state index < -0.39 is 0 Å². The zero-order valence-corrected chi connectivity index (χ0v) is 9.20. The van der Waals surface area contributed by atoms with Gasteiger partial charge in [-0.25, -0.2) is 0 Å². The second-order valence-electron chi connectivity index (χ2n) is 4.03. The molecule has 0 atom stereocenters. The van der Waals surface area contributed by atoms with Crippen LogP contribution in [-0.4, -0.2) is 0 Å². The van der Waals surface area contributed by atoms with E-state index in [1.54, 1.807) is 0 Å². The van der Waals surface area contributed by atoms with Crippen LogP contribution in [0.2, 0.25) is 0 Å². The highest BCUT2D eigenvalue weighted by Crippen LogP contribution is 2.28. The van der Waals surface area contributed by atoms with Gasteiger partial charge in [0.1, 0.15) is 0 Å². The minimum absolute atomic E-state index is 0.557. The van der Waals surface area contributed by atoms with E-state index in [-0.39, 0.29) is 0 Å². The van der Waals surface area contributed by atoms with E-state index in [2.05, 4.69) is 50.2 Å². The van der Waals surface area contributed by atoms with E-state index in [1.807, 2.05) is 18.2 Å². The van der Waals surface area contributed by atoms with Crippen molar-refractivity contribution in [2.75, 3.05) is 0 Å². The van der Waals surface area contributed by atoms with Gasteiger partial charge in [-0.15, -0.1) is 0 Å². The number of hydrogen-bond donors (Lipinski definition) is 0. The first-order chi connectivity index (χ1) is 7.29. The summed E-state index contributed by atoms with van der Waals surface area (Å²) in [7, 11) is 0. The molecule has 0 aliphatic heterocycles. The van der Waals surface area contributed by atoms with Crippen molar-refractivity contribution < 1.29 is 0 Å². The summed E-state index contributed by atoms with van der Waals surface area (Å²) in [6, 6.07) is 19.8. The summed E-state index contributed by atoms with van der Waals surface area (Å²) in [5.41, 5.74) is 3.98. The molecule has 0 unspecified atom stereocenters. The van der Waals surface area contributed by atoms with Gasteiger partial charge in [0, 0.05) is 0 Å². The molecule has 0 heteroatoms. The summed E-state index contributed by atoms with van der Waals surface area (Å²) in [5.74, 6) is 0.557. The zero-order chi connectivity index (χ0) is 10.7. The number of benzene rings is 2. The van der Waals surface area contributed by atoms with Crippen molar-refractivity contribution in [3.05, 3.63) is 60.2 Å². The van der Waals surface area contributed by atoms with Gasteiger partial charge in [0.25, 0.3) is 0 Å². The van der Waals surface area contributed by atoms with E-state index in [4.69, 9.17) is 0 Å². The van der Waals surface area contributed by atoms with Crippen molar-refractivity contribution in [1.29, 1.82) is 0 Å². The molecule has 0 fully saturated rings. The molecular weight excluding hydrogens is 180 g/mol. The standard InChI is InChI=1S/C15H15/c1-12(2)14-10-6-7-11-15(14)13-8-4-3-5-9-13/h3-4,6-12H,1-2H3. The molecule has 0 saturated carbocycles. The van der Waals surface area contributed by atoms with Crippen LogP contribution in [0.1, 0.15) is 25.3 Å². The van der Waals surface area contributed by atoms with Crippen LogP contribution in [0.4, 0.5) is 0 Å². The van der Waals surface area contributed by atoms with Crippen molar-refractivity contribution in [3.8, 4) is 11.1 Å². The molecule has 2 aromatic rings. The fourth-order valence-electron chi connectivity index (χ4n) is 1.82. The second-order valence-corrected chi connectivity index (χ2v) is 4.03. The van der Waals surface area contributed by atoms with E-state index in [0.717, 1.165) is 0 Å². The highest BCUT2D eigenvalue weighted by Gasteiger charge is 2.06. The molecule has 2 rings (SSSR count). The summed E-state index contributed by atoms with van der Waals surface area (Å²) in [6.45, 7) is 4.46. The molecule has 0 bridgehead atoms. The lowest BCUT2D eigenvalue weighted by Gasteiger charge is -2.12. The minimum atomic E-state index is 0.557. The quantitative estimate of drug-likeness (QED) is 0.671. The average molecular weight is 195 g/mol. The fourth-order valence-corrected chi connectivity index (χ4v) is 1.82. The molecule has 15 heavy (non-hydrogen) atoms. The molecule has 0 N–H and O–H groups in total. The summed E-state index contributed by atoms with van der Waals surface area (Å²) in [4.78, 5) is 0. The molecule has 1 radical (unpaired) electrons. The summed E-state index contributed by atoms with van der Waals surface area (Å²) < 4.78 is 0. The van der Waals surface area contributed by atoms with Gasteiger partial charge in [-0.05, 0) is 34.7 Å². The van der Waals surface area contributed by atoms with E-state index in [1.165, 1.54) is 16.7 Å². The monoisotopic (exact) mass is 195 g/mol. The Balaban J connectivity index is 2.53. The van der Waals surface area contributed by atoms with Crippen LogP contribution in [0, 0.1) is 6.07 Å². The van der Waals surface area contributed by atoms with Gasteiger partial charge in [-0.3, -0.25) is 0 Å². The molecule has 0 aromatic heterocycles. The zero-order valence-electron chi connectivity index (χ0n) is 9.20. The molecular formula is C15H15. The minimum Gasteiger partial charge on any atom is -0.0619 e. The molecule has 0 spiro atoms. The maximum absolute atomic E-state index is 3.13. The molecule has 0 aliphatic rings. The third-order valence-electron chi connectivity index (χ3n) is 2.60. The molecule has 0 aliphatic carbocycles. The predicted octanol–water partition coefficient (Wildman–Crippen LogP) is 4.28. The Bertz CT molecular complexity index is 427. The van der Waals surface area contributed by atoms with Gasteiger partial charge in [-0.2, -0.15) is 0 Å². The predicted molar refractivity (Wildman–Crippen MR) is 64.8 cm³/mol. The molecule has 0 nitrogen and oxygen atoms in total. The lowest BCUT2D eigenvalue weighted by molar-refractivity contribution is 0.869. The lowest BCUT2D eigenvalue weighted by atomic mass is 9.93. The van der Waals surface area contributed by atoms with Crippen LogP contribution >= 0.6 is 0 Å². The summed E-state index contributed by atoms with van der Waals surface area (Å²) in [6.07, 6.45) is 0. The molecule has 0 heterocycles. The Kier molecular flexibility index (Phi) is 2.86. The Morgan fingerprint density at radius 2 is 1.80 bits per heavy atom. The highest BCUT2D eigenvalue weighted by molar-refractivity contribution is 5.67. The lowest BCUT2D eigenvalue weighted by Crippen LogP contribution is -1.91. The van der Waals surface area contributed by atoms with Gasteiger partial charge < -0.3 is 0 Å². The highest BCUT2D eigenvalue weighted by atomic mass is 14.1. The van der Waals surface area contributed by atoms with Crippen LogP contribution < -0.4 is 0 Å². The van der Waals surface area contributed by atoms with Gasteiger partial charge in [0.2, 0.25) is 0 Å². The Labute approximate surface area is 91.6 Å². The van der Waals surface area contributed by atoms with Crippen molar-refractivity contribution in [1.82, 2.24) is 0 Å². The maximum atomic E-state index is 3.13. The second kappa shape index (κ2) is 4.31. The average Bonchev–Trinajstić information content (AvgIpc) is 2.30. The smallest absolute Gasteiger partial charge is 0.0149 e. The maximum Gasteiger partial charge on any atom is -0.0149 e. The van der Waals surface area contributed by atoms with Crippen LogP contribution in [0.3, 0.4) is 0 Å². The van der Waals surface area contributed by atoms with Gasteiger partial charge in [-0.1, -0.05) is 56.3 Å². The number of rotatable bonds is 2. The van der Waals surface area contributed by atoms with Gasteiger partial charge >= 0.3 is 0 Å². The van der Waals surface area contributed by atoms with Gasteiger partial charge in [0.05, 0.1) is 0 Å². The van der Waals surface area contributed by atoms with E-state index in [9.17, 15) is 0 Å². The fraction of sp³-hybridized carbons (Fsp3) is 0.200. The molecule has 75 valence electrons. The van der Waals surface area contributed by atoms with Crippen molar-refractivity contribution in [2.24, 2.45) is 0 Å². The number of hydrogen-bond acceptors (Lipinski definition) is 0. The molecule has 0 saturated heterocycles. The van der Waals surface area contributed by atoms with Crippen LogP contribution in [0.25, 0.3) is 11.1 Å². The first-order valence-corrected chi connectivity index (χ1v) is 5.34. The van der Waals surface area contributed by atoms with Crippen molar-refractivity contribution >= 4 is 0 Å². The first kappa shape index (κ1) is 9.97. The van der Waals surface area contributed by atoms with Crippen molar-refractivity contribution in [2.45, 2.75) is 19.8 Å². The van der Waals surface area contributed by atoms with Crippen LogP contribution in [0.15, 0.2) is 48.5 Å². The Morgan fingerprint density at radius 3 is 2.47 bits per heavy atom.